The summed E-state index contributed by atoms with van der Waals surface area (Å²) in [6, 6.07) is 15.5. The molecule has 0 saturated heterocycles. The molecule has 0 saturated carbocycles. The molecule has 0 aliphatic carbocycles. The van der Waals surface area contributed by atoms with Crippen LogP contribution in [0.1, 0.15) is 31.7 Å². The van der Waals surface area contributed by atoms with E-state index in [1.807, 2.05) is 24.3 Å². The van der Waals surface area contributed by atoms with Gasteiger partial charge in [-0.3, -0.25) is 0 Å². The smallest absolute Gasteiger partial charge is 0.387 e. The van der Waals surface area contributed by atoms with E-state index in [0.717, 1.165) is 18.2 Å². The molecule has 0 aliphatic heterocycles. The molecule has 0 aromatic heterocycles. The molecule has 0 radical (unpaired) electrons. The topological polar surface area (TPSA) is 9.23 Å². The molecule has 0 bridgehead atoms. The minimum absolute atomic E-state index is 0.0571. The van der Waals surface area contributed by atoms with E-state index in [9.17, 15) is 13.2 Å². The lowest BCUT2D eigenvalue weighted by atomic mass is 9.97. The van der Waals surface area contributed by atoms with E-state index >= 15 is 0 Å². The Morgan fingerprint density at radius 2 is 1.69 bits per heavy atom. The van der Waals surface area contributed by atoms with Crippen molar-refractivity contribution in [2.45, 2.75) is 39.2 Å². The first kappa shape index (κ1) is 18.3. The quantitative estimate of drug-likeness (QED) is 0.414. The Kier molecular flexibility index (Phi) is 5.82. The predicted octanol–water partition coefficient (Wildman–Crippen LogP) is 6.98. The van der Waals surface area contributed by atoms with Crippen molar-refractivity contribution in [2.24, 2.45) is 0 Å². The summed E-state index contributed by atoms with van der Waals surface area (Å²) in [5.41, 5.74) is 2.28. The molecule has 3 aromatic carbocycles. The summed E-state index contributed by atoms with van der Waals surface area (Å²) in [5.74, 6) is -0.244. The Morgan fingerprint density at radius 1 is 0.923 bits per heavy atom. The van der Waals surface area contributed by atoms with Crippen LogP contribution in [0.25, 0.3) is 21.9 Å². The van der Waals surface area contributed by atoms with Crippen molar-refractivity contribution in [2.75, 3.05) is 0 Å². The second-order valence-electron chi connectivity index (χ2n) is 6.34. The number of rotatable bonds is 7. The van der Waals surface area contributed by atoms with Crippen LogP contribution in [0.3, 0.4) is 0 Å². The first-order valence-electron chi connectivity index (χ1n) is 8.85. The molecule has 0 atom stereocenters. The highest BCUT2D eigenvalue weighted by Gasteiger charge is 2.11. The highest BCUT2D eigenvalue weighted by atomic mass is 19.3. The van der Waals surface area contributed by atoms with Gasteiger partial charge in [0.2, 0.25) is 0 Å². The fourth-order valence-electron chi connectivity index (χ4n) is 3.11. The average Bonchev–Trinajstić information content (AvgIpc) is 2.63. The van der Waals surface area contributed by atoms with Crippen molar-refractivity contribution < 1.29 is 17.9 Å². The molecule has 136 valence electrons. The van der Waals surface area contributed by atoms with Crippen molar-refractivity contribution >= 4 is 10.8 Å². The van der Waals surface area contributed by atoms with Crippen LogP contribution in [-0.4, -0.2) is 6.61 Å². The van der Waals surface area contributed by atoms with Crippen molar-refractivity contribution in [1.82, 2.24) is 0 Å². The lowest BCUT2D eigenvalue weighted by molar-refractivity contribution is -0.0498. The maximum atomic E-state index is 15.0. The lowest BCUT2D eigenvalue weighted by Crippen LogP contribution is -2.01. The number of aryl methyl sites for hydroxylation is 1. The van der Waals surface area contributed by atoms with Crippen LogP contribution in [0.5, 0.6) is 5.75 Å². The van der Waals surface area contributed by atoms with Gasteiger partial charge < -0.3 is 4.74 Å². The summed E-state index contributed by atoms with van der Waals surface area (Å²) in [6.45, 7) is -0.700. The first-order valence-corrected chi connectivity index (χ1v) is 8.85. The normalized spacial score (nSPS) is 11.3. The Balaban J connectivity index is 1.88. The molecule has 26 heavy (non-hydrogen) atoms. The van der Waals surface area contributed by atoms with Crippen molar-refractivity contribution in [1.29, 1.82) is 0 Å². The van der Waals surface area contributed by atoms with Crippen LogP contribution in [0.15, 0.2) is 54.6 Å². The van der Waals surface area contributed by atoms with Crippen molar-refractivity contribution in [3.8, 4) is 16.9 Å². The highest BCUT2D eigenvalue weighted by molar-refractivity contribution is 5.88. The highest BCUT2D eigenvalue weighted by Crippen LogP contribution is 2.31. The largest absolute Gasteiger partial charge is 0.435 e. The summed E-state index contributed by atoms with van der Waals surface area (Å²) in [4.78, 5) is 0. The maximum Gasteiger partial charge on any atom is 0.387 e. The van der Waals surface area contributed by atoms with Gasteiger partial charge in [0.25, 0.3) is 0 Å². The minimum atomic E-state index is -2.87. The number of benzene rings is 3. The van der Waals surface area contributed by atoms with E-state index in [1.54, 1.807) is 18.2 Å². The molecule has 4 heteroatoms. The van der Waals surface area contributed by atoms with E-state index in [4.69, 9.17) is 0 Å². The molecule has 3 aromatic rings. The van der Waals surface area contributed by atoms with Crippen LogP contribution in [0, 0.1) is 5.82 Å². The molecule has 0 fully saturated rings. The summed E-state index contributed by atoms with van der Waals surface area (Å²) < 4.78 is 43.7. The zero-order valence-electron chi connectivity index (χ0n) is 14.6. The molecular weight excluding hydrogens is 337 g/mol. The van der Waals surface area contributed by atoms with E-state index in [-0.39, 0.29) is 11.6 Å². The van der Waals surface area contributed by atoms with E-state index in [2.05, 4.69) is 11.7 Å². The second kappa shape index (κ2) is 8.26. The Labute approximate surface area is 151 Å². The third-order valence-electron chi connectivity index (χ3n) is 4.48. The van der Waals surface area contributed by atoms with Gasteiger partial charge in [-0.25, -0.2) is 4.39 Å². The van der Waals surface area contributed by atoms with Gasteiger partial charge in [0.1, 0.15) is 11.6 Å². The van der Waals surface area contributed by atoms with Crippen LogP contribution in [0.4, 0.5) is 13.2 Å². The average molecular weight is 358 g/mol. The lowest BCUT2D eigenvalue weighted by Gasteiger charge is -2.10. The minimum Gasteiger partial charge on any atom is -0.435 e. The summed E-state index contributed by atoms with van der Waals surface area (Å²) in [6.07, 6.45) is 4.50. The zero-order valence-corrected chi connectivity index (χ0v) is 14.6. The molecule has 0 spiro atoms. The number of alkyl halides is 2. The van der Waals surface area contributed by atoms with Gasteiger partial charge >= 0.3 is 6.61 Å². The monoisotopic (exact) mass is 358 g/mol. The molecule has 0 N–H and O–H groups in total. The molecule has 0 unspecified atom stereocenters. The number of fused-ring (bicyclic) bond motifs is 1. The van der Waals surface area contributed by atoms with Crippen molar-refractivity contribution in [3.05, 3.63) is 66.0 Å². The Bertz CT molecular complexity index is 872. The molecule has 0 amide bonds. The van der Waals surface area contributed by atoms with Gasteiger partial charge in [-0.15, -0.1) is 0 Å². The van der Waals surface area contributed by atoms with Gasteiger partial charge in [-0.1, -0.05) is 62.2 Å². The SMILES string of the molecule is CCCCCc1ccc2c(F)c(-c3ccc(OC(F)F)cc3)ccc2c1. The number of ether oxygens (including phenoxy) is 1. The van der Waals surface area contributed by atoms with Gasteiger partial charge in [-0.05, 0) is 41.5 Å². The van der Waals surface area contributed by atoms with Gasteiger partial charge in [-0.2, -0.15) is 8.78 Å². The summed E-state index contributed by atoms with van der Waals surface area (Å²) in [5, 5.41) is 1.44. The molecule has 0 heterocycles. The fraction of sp³-hybridized carbons (Fsp3) is 0.273. The fourth-order valence-corrected chi connectivity index (χ4v) is 3.11. The molecule has 0 aliphatic rings. The van der Waals surface area contributed by atoms with Gasteiger partial charge in [0.05, 0.1) is 0 Å². The van der Waals surface area contributed by atoms with Crippen molar-refractivity contribution in [3.63, 3.8) is 0 Å². The third kappa shape index (κ3) is 4.18. The zero-order chi connectivity index (χ0) is 18.5. The van der Waals surface area contributed by atoms with Crippen LogP contribution >= 0.6 is 0 Å². The summed E-state index contributed by atoms with van der Waals surface area (Å²) in [7, 11) is 0. The molecular formula is C22H21F3O. The predicted molar refractivity (Wildman–Crippen MR) is 99.2 cm³/mol. The number of halogens is 3. The maximum absolute atomic E-state index is 15.0. The van der Waals surface area contributed by atoms with Crippen LogP contribution in [0.2, 0.25) is 0 Å². The number of unbranched alkanes of at least 4 members (excludes halogenated alkanes) is 2. The third-order valence-corrected chi connectivity index (χ3v) is 4.48. The summed E-state index contributed by atoms with van der Waals surface area (Å²) >= 11 is 0. The van der Waals surface area contributed by atoms with Crippen LogP contribution in [-0.2, 0) is 6.42 Å². The number of hydrogen-bond donors (Lipinski definition) is 0. The second-order valence-corrected chi connectivity index (χ2v) is 6.34. The Morgan fingerprint density at radius 3 is 2.38 bits per heavy atom. The Hall–Kier alpha value is -2.49. The standard InChI is InChI=1S/C22H21F3O/c1-2-3-4-5-15-6-12-20-17(14-15)9-13-19(21(20)23)16-7-10-18(11-8-16)26-22(24)25/h6-14,22H,2-5H2,1H3. The molecule has 1 nitrogen and oxygen atoms in total. The first-order chi connectivity index (χ1) is 12.6. The van der Waals surface area contributed by atoms with Gasteiger partial charge in [0, 0.05) is 10.9 Å². The number of hydrogen-bond acceptors (Lipinski definition) is 1. The van der Waals surface area contributed by atoms with E-state index in [0.29, 0.717) is 16.5 Å². The van der Waals surface area contributed by atoms with E-state index < -0.39 is 6.61 Å². The molecule has 3 rings (SSSR count). The van der Waals surface area contributed by atoms with Crippen LogP contribution < -0.4 is 4.74 Å². The van der Waals surface area contributed by atoms with Gasteiger partial charge in [0.15, 0.2) is 0 Å². The van der Waals surface area contributed by atoms with E-state index in [1.165, 1.54) is 30.5 Å².